The molecule has 0 aliphatic carbocycles. The van der Waals surface area contributed by atoms with Crippen LogP contribution in [0.1, 0.15) is 16.7 Å². The molecule has 0 saturated carbocycles. The lowest BCUT2D eigenvalue weighted by atomic mass is 10.0. The second kappa shape index (κ2) is 7.68. The molecule has 0 bridgehead atoms. The molecule has 0 N–H and O–H groups in total. The third kappa shape index (κ3) is 4.28. The van der Waals surface area contributed by atoms with Crippen LogP contribution < -0.4 is 0 Å². The van der Waals surface area contributed by atoms with Gasteiger partial charge in [0.05, 0.1) is 16.4 Å². The molecular weight excluding hydrogens is 329 g/mol. The molecule has 0 spiro atoms. The number of isothiocyanates is 1. The number of hydrogen-bond acceptors (Lipinski definition) is 2. The predicted molar refractivity (Wildman–Crippen MR) is 104 cm³/mol. The maximum Gasteiger partial charge on any atom is 0.139 e. The molecule has 120 valence electrons. The summed E-state index contributed by atoms with van der Waals surface area (Å²) in [6.07, 6.45) is 0. The van der Waals surface area contributed by atoms with E-state index in [9.17, 15) is 4.39 Å². The average Bonchev–Trinajstić information content (AvgIpc) is 2.63. The summed E-state index contributed by atoms with van der Waals surface area (Å²) < 4.78 is 14.3. The van der Waals surface area contributed by atoms with Gasteiger partial charge in [-0.3, -0.25) is 0 Å². The van der Waals surface area contributed by atoms with Gasteiger partial charge in [-0.15, -0.1) is 0 Å². The summed E-state index contributed by atoms with van der Waals surface area (Å²) >= 11 is 4.56. The standard InChI is InChI=1S/C22H14FNS/c1-16-2-7-18(8-3-16)20-11-10-19(22(23)14-20)9-4-17-5-12-21(13-6-17)24-15-25/h2-3,5-8,10-14H,1H3. The summed E-state index contributed by atoms with van der Waals surface area (Å²) in [5, 5.41) is 2.31. The summed E-state index contributed by atoms with van der Waals surface area (Å²) in [4.78, 5) is 3.88. The van der Waals surface area contributed by atoms with E-state index in [-0.39, 0.29) is 5.82 Å². The van der Waals surface area contributed by atoms with Gasteiger partial charge in [0, 0.05) is 5.56 Å². The summed E-state index contributed by atoms with van der Waals surface area (Å²) in [5.74, 6) is 5.51. The third-order valence-corrected chi connectivity index (χ3v) is 3.83. The lowest BCUT2D eigenvalue weighted by Crippen LogP contribution is -1.86. The molecule has 0 aliphatic heterocycles. The van der Waals surface area contributed by atoms with Crippen LogP contribution in [-0.2, 0) is 0 Å². The summed E-state index contributed by atoms with van der Waals surface area (Å²) in [6.45, 7) is 2.03. The first-order valence-electron chi connectivity index (χ1n) is 7.72. The Morgan fingerprint density at radius 1 is 0.840 bits per heavy atom. The fraction of sp³-hybridized carbons (Fsp3) is 0.0455. The van der Waals surface area contributed by atoms with Crippen LogP contribution in [0.15, 0.2) is 71.7 Å². The molecule has 3 aromatic rings. The zero-order valence-corrected chi connectivity index (χ0v) is 14.4. The zero-order valence-electron chi connectivity index (χ0n) is 13.6. The number of aliphatic imine (C=N–C) groups is 1. The SMILES string of the molecule is Cc1ccc(-c2ccc(C#Cc3ccc(N=C=S)cc3)c(F)c2)cc1. The number of hydrogen-bond donors (Lipinski definition) is 0. The van der Waals surface area contributed by atoms with Crippen molar-refractivity contribution in [3.63, 3.8) is 0 Å². The molecule has 0 radical (unpaired) electrons. The predicted octanol–water partition coefficient (Wildman–Crippen LogP) is 5.94. The Balaban J connectivity index is 1.84. The van der Waals surface area contributed by atoms with Crippen LogP contribution in [0, 0.1) is 24.6 Å². The largest absolute Gasteiger partial charge is 0.206 e. The first-order chi connectivity index (χ1) is 12.2. The highest BCUT2D eigenvalue weighted by Gasteiger charge is 2.03. The first-order valence-corrected chi connectivity index (χ1v) is 8.13. The van der Waals surface area contributed by atoms with Crippen molar-refractivity contribution in [1.82, 2.24) is 0 Å². The fourth-order valence-corrected chi connectivity index (χ4v) is 2.46. The van der Waals surface area contributed by atoms with Gasteiger partial charge in [0.25, 0.3) is 0 Å². The van der Waals surface area contributed by atoms with Gasteiger partial charge in [-0.25, -0.2) is 4.39 Å². The quantitative estimate of drug-likeness (QED) is 0.319. The van der Waals surface area contributed by atoms with Gasteiger partial charge in [0.1, 0.15) is 5.82 Å². The third-order valence-electron chi connectivity index (χ3n) is 3.74. The Morgan fingerprint density at radius 2 is 1.52 bits per heavy atom. The van der Waals surface area contributed by atoms with Crippen LogP contribution >= 0.6 is 12.2 Å². The minimum absolute atomic E-state index is 0.326. The van der Waals surface area contributed by atoms with Gasteiger partial charge in [-0.05, 0) is 66.7 Å². The van der Waals surface area contributed by atoms with E-state index in [2.05, 4.69) is 34.2 Å². The van der Waals surface area contributed by atoms with E-state index in [1.54, 1.807) is 18.2 Å². The molecule has 3 heteroatoms. The van der Waals surface area contributed by atoms with E-state index >= 15 is 0 Å². The van der Waals surface area contributed by atoms with Gasteiger partial charge >= 0.3 is 0 Å². The summed E-state index contributed by atoms with van der Waals surface area (Å²) in [6, 6.07) is 20.3. The molecule has 3 aromatic carbocycles. The Labute approximate surface area is 151 Å². The average molecular weight is 343 g/mol. The molecule has 0 aromatic heterocycles. The van der Waals surface area contributed by atoms with Crippen LogP contribution in [0.5, 0.6) is 0 Å². The maximum atomic E-state index is 14.3. The Bertz CT molecular complexity index is 1000. The Morgan fingerprint density at radius 3 is 2.16 bits per heavy atom. The van der Waals surface area contributed by atoms with Gasteiger partial charge in [0.15, 0.2) is 0 Å². The number of halogens is 1. The normalized spacial score (nSPS) is 9.68. The van der Waals surface area contributed by atoms with E-state index in [1.165, 1.54) is 11.6 Å². The number of rotatable bonds is 2. The van der Waals surface area contributed by atoms with Crippen LogP contribution in [0.25, 0.3) is 11.1 Å². The van der Waals surface area contributed by atoms with Crippen LogP contribution in [0.3, 0.4) is 0 Å². The topological polar surface area (TPSA) is 12.4 Å². The zero-order chi connectivity index (χ0) is 17.6. The van der Waals surface area contributed by atoms with Crippen molar-refractivity contribution in [1.29, 1.82) is 0 Å². The molecule has 1 nitrogen and oxygen atoms in total. The molecule has 0 saturated heterocycles. The molecule has 0 heterocycles. The van der Waals surface area contributed by atoms with Crippen molar-refractivity contribution in [3.8, 4) is 23.0 Å². The van der Waals surface area contributed by atoms with Crippen molar-refractivity contribution < 1.29 is 4.39 Å². The number of nitrogens with zero attached hydrogens (tertiary/aromatic N) is 1. The van der Waals surface area contributed by atoms with E-state index < -0.39 is 0 Å². The van der Waals surface area contributed by atoms with E-state index in [0.717, 1.165) is 16.7 Å². The number of benzene rings is 3. The van der Waals surface area contributed by atoms with E-state index in [4.69, 9.17) is 0 Å². The van der Waals surface area contributed by atoms with E-state index in [1.807, 2.05) is 49.4 Å². The molecule has 25 heavy (non-hydrogen) atoms. The molecule has 3 rings (SSSR count). The van der Waals surface area contributed by atoms with Crippen molar-refractivity contribution in [3.05, 3.63) is 89.2 Å². The van der Waals surface area contributed by atoms with Crippen LogP contribution in [0.4, 0.5) is 10.1 Å². The van der Waals surface area contributed by atoms with Gasteiger partial charge in [-0.1, -0.05) is 47.7 Å². The van der Waals surface area contributed by atoms with Crippen LogP contribution in [-0.4, -0.2) is 5.16 Å². The highest BCUT2D eigenvalue weighted by atomic mass is 32.1. The highest BCUT2D eigenvalue weighted by Crippen LogP contribution is 2.22. The minimum atomic E-state index is -0.326. The minimum Gasteiger partial charge on any atom is -0.206 e. The molecular formula is C22H14FNS. The summed E-state index contributed by atoms with van der Waals surface area (Å²) in [7, 11) is 0. The number of thiocarbonyl (C=S) groups is 1. The molecule has 0 atom stereocenters. The van der Waals surface area contributed by atoms with Gasteiger partial charge < -0.3 is 0 Å². The first kappa shape index (κ1) is 16.8. The van der Waals surface area contributed by atoms with Crippen molar-refractivity contribution in [2.24, 2.45) is 4.99 Å². The van der Waals surface area contributed by atoms with Crippen LogP contribution in [0.2, 0.25) is 0 Å². The van der Waals surface area contributed by atoms with Gasteiger partial charge in [-0.2, -0.15) is 4.99 Å². The maximum absolute atomic E-state index is 14.3. The summed E-state index contributed by atoms with van der Waals surface area (Å²) in [5.41, 5.74) is 4.87. The lowest BCUT2D eigenvalue weighted by Gasteiger charge is -2.03. The highest BCUT2D eigenvalue weighted by molar-refractivity contribution is 7.78. The molecule has 0 fully saturated rings. The Hall–Kier alpha value is -3.05. The smallest absolute Gasteiger partial charge is 0.139 e. The van der Waals surface area contributed by atoms with E-state index in [0.29, 0.717) is 11.3 Å². The van der Waals surface area contributed by atoms with Crippen molar-refractivity contribution in [2.45, 2.75) is 6.92 Å². The monoisotopic (exact) mass is 343 g/mol. The van der Waals surface area contributed by atoms with Crippen molar-refractivity contribution >= 4 is 23.1 Å². The Kier molecular flexibility index (Phi) is 5.16. The lowest BCUT2D eigenvalue weighted by molar-refractivity contribution is 0.625. The second-order valence-electron chi connectivity index (χ2n) is 5.56. The molecule has 0 unspecified atom stereocenters. The van der Waals surface area contributed by atoms with Gasteiger partial charge in [0.2, 0.25) is 0 Å². The molecule has 0 amide bonds. The van der Waals surface area contributed by atoms with Crippen molar-refractivity contribution in [2.75, 3.05) is 0 Å². The second-order valence-corrected chi connectivity index (χ2v) is 5.74. The molecule has 0 aliphatic rings. The fourth-order valence-electron chi connectivity index (χ4n) is 2.35. The number of aryl methyl sites for hydroxylation is 1.